The molecule has 1 aromatic carbocycles. The van der Waals surface area contributed by atoms with Gasteiger partial charge in [0, 0.05) is 25.4 Å². The lowest BCUT2D eigenvalue weighted by Gasteiger charge is -2.32. The molecule has 2 aromatic rings. The Morgan fingerprint density at radius 1 is 0.978 bits per heavy atom. The van der Waals surface area contributed by atoms with E-state index in [0.717, 1.165) is 5.56 Å². The number of benzene rings is 1. The minimum absolute atomic E-state index is 0.0536. The summed E-state index contributed by atoms with van der Waals surface area (Å²) >= 11 is 5.75. The summed E-state index contributed by atoms with van der Waals surface area (Å²) in [5.41, 5.74) is 0.996. The number of hydrogen-bond donors (Lipinski definition) is 3. The summed E-state index contributed by atoms with van der Waals surface area (Å²) in [7, 11) is 0. The van der Waals surface area contributed by atoms with Crippen LogP contribution < -0.4 is 16.0 Å². The Labute approximate surface area is 269 Å². The fourth-order valence-corrected chi connectivity index (χ4v) is 5.26. The maximum atomic E-state index is 14.1. The number of nitrogens with zero attached hydrogens (tertiary/aromatic N) is 3. The van der Waals surface area contributed by atoms with Crippen molar-refractivity contribution in [1.82, 2.24) is 30.8 Å². The smallest absolute Gasteiger partial charge is 0.272 e. The number of nitrogens with one attached hydrogen (secondary N) is 3. The fraction of sp³-hybridized carbons (Fsp3) is 0.531. The third kappa shape index (κ3) is 9.79. The highest BCUT2D eigenvalue weighted by molar-refractivity contribution is 6.28. The van der Waals surface area contributed by atoms with Crippen LogP contribution in [-0.2, 0) is 30.5 Å². The number of amides is 4. The summed E-state index contributed by atoms with van der Waals surface area (Å²) in [5.74, 6) is -3.34. The normalized spacial score (nSPS) is 18.3. The Morgan fingerprint density at radius 2 is 1.67 bits per heavy atom. The molecule has 244 valence electrons. The second-order valence-corrected chi connectivity index (χ2v) is 12.0. The van der Waals surface area contributed by atoms with E-state index in [1.165, 1.54) is 23.5 Å². The highest BCUT2D eigenvalue weighted by atomic mass is 35.5. The standard InChI is InChI=1S/C32H43ClN6O6/c1-6-23(26(40)15-33)36-30(42)25-14-22(45-18-21-10-8-7-9-11-21)17-39(25)32(44)28(20(4)5)38-31(43)27(19(2)3)37-29(41)24-16-34-12-13-35-24/h7-13,16,19-20,22-23,25,27-28H,6,14-15,17-18H2,1-5H3,(H,36,42)(H,37,41)(H,38,43)/t22-,23?,25?,27-,28-/m1/s1. The minimum atomic E-state index is -1.01. The van der Waals surface area contributed by atoms with Gasteiger partial charge in [0.1, 0.15) is 23.8 Å². The lowest BCUT2D eigenvalue weighted by atomic mass is 9.98. The number of ketones is 1. The molecule has 4 amide bonds. The van der Waals surface area contributed by atoms with E-state index in [4.69, 9.17) is 16.3 Å². The van der Waals surface area contributed by atoms with Crippen molar-refractivity contribution in [3.8, 4) is 0 Å². The van der Waals surface area contributed by atoms with E-state index in [0.29, 0.717) is 6.42 Å². The summed E-state index contributed by atoms with van der Waals surface area (Å²) in [5, 5.41) is 8.26. The van der Waals surface area contributed by atoms with E-state index in [2.05, 4.69) is 25.9 Å². The van der Waals surface area contributed by atoms with Gasteiger partial charge in [0.05, 0.1) is 30.8 Å². The van der Waals surface area contributed by atoms with Crippen LogP contribution >= 0.6 is 11.6 Å². The van der Waals surface area contributed by atoms with Crippen molar-refractivity contribution in [3.05, 3.63) is 60.2 Å². The molecule has 0 aliphatic carbocycles. The van der Waals surface area contributed by atoms with Gasteiger partial charge in [-0.3, -0.25) is 29.0 Å². The molecule has 12 nitrogen and oxygen atoms in total. The van der Waals surface area contributed by atoms with Gasteiger partial charge in [0.25, 0.3) is 5.91 Å². The number of Topliss-reactive ketones (excluding diaryl/α,β-unsaturated/α-hetero) is 1. The van der Waals surface area contributed by atoms with E-state index < -0.39 is 53.9 Å². The number of likely N-dealkylation sites (tertiary alicyclic amines) is 1. The van der Waals surface area contributed by atoms with Gasteiger partial charge in [0.2, 0.25) is 17.7 Å². The zero-order valence-electron chi connectivity index (χ0n) is 26.4. The second-order valence-electron chi connectivity index (χ2n) is 11.7. The molecule has 0 bridgehead atoms. The van der Waals surface area contributed by atoms with Crippen molar-refractivity contribution in [2.75, 3.05) is 12.4 Å². The van der Waals surface area contributed by atoms with Crippen molar-refractivity contribution in [1.29, 1.82) is 0 Å². The predicted octanol–water partition coefficient (Wildman–Crippen LogP) is 2.26. The van der Waals surface area contributed by atoms with Gasteiger partial charge in [-0.15, -0.1) is 11.6 Å². The van der Waals surface area contributed by atoms with Crippen molar-refractivity contribution in [3.63, 3.8) is 0 Å². The summed E-state index contributed by atoms with van der Waals surface area (Å²) in [6, 6.07) is 5.82. The van der Waals surface area contributed by atoms with Crippen LogP contribution in [0.1, 0.15) is 63.5 Å². The number of hydrogen-bond acceptors (Lipinski definition) is 8. The SMILES string of the molecule is CCC(NC(=O)C1C[C@@H](OCc2ccccc2)CN1C(=O)[C@H](NC(=O)[C@H](NC(=O)c1cnccn1)C(C)C)C(C)C)C(=O)CCl. The molecule has 1 aliphatic rings. The van der Waals surface area contributed by atoms with Gasteiger partial charge in [-0.05, 0) is 23.8 Å². The first-order valence-electron chi connectivity index (χ1n) is 15.2. The lowest BCUT2D eigenvalue weighted by molar-refractivity contribution is -0.143. The first-order valence-corrected chi connectivity index (χ1v) is 15.7. The molecule has 1 aromatic heterocycles. The molecule has 45 heavy (non-hydrogen) atoms. The molecular formula is C32H43ClN6O6. The molecule has 3 rings (SSSR count). The number of carbonyl (C=O) groups excluding carboxylic acids is 5. The number of alkyl halides is 1. The lowest BCUT2D eigenvalue weighted by Crippen LogP contribution is -2.59. The average molecular weight is 643 g/mol. The first kappa shape index (κ1) is 35.6. The summed E-state index contributed by atoms with van der Waals surface area (Å²) in [4.78, 5) is 75.5. The van der Waals surface area contributed by atoms with Crippen LogP contribution in [0.4, 0.5) is 0 Å². The van der Waals surface area contributed by atoms with E-state index in [-0.39, 0.29) is 48.8 Å². The van der Waals surface area contributed by atoms with Crippen molar-refractivity contribution in [2.45, 2.75) is 84.3 Å². The molecule has 0 saturated carbocycles. The van der Waals surface area contributed by atoms with Gasteiger partial charge in [-0.2, -0.15) is 0 Å². The molecule has 13 heteroatoms. The Morgan fingerprint density at radius 3 is 2.24 bits per heavy atom. The highest BCUT2D eigenvalue weighted by Crippen LogP contribution is 2.25. The Bertz CT molecular complexity index is 1310. The van der Waals surface area contributed by atoms with Crippen LogP contribution in [0.25, 0.3) is 0 Å². The number of ether oxygens (including phenoxy) is 1. The van der Waals surface area contributed by atoms with Gasteiger partial charge < -0.3 is 25.6 Å². The number of halogens is 1. The zero-order chi connectivity index (χ0) is 33.1. The average Bonchev–Trinajstić information content (AvgIpc) is 3.48. The van der Waals surface area contributed by atoms with Gasteiger partial charge in [-0.1, -0.05) is 65.0 Å². The molecule has 0 radical (unpaired) electrons. The molecule has 2 heterocycles. The third-order valence-corrected chi connectivity index (χ3v) is 7.95. The monoisotopic (exact) mass is 642 g/mol. The molecule has 1 fully saturated rings. The van der Waals surface area contributed by atoms with Crippen LogP contribution in [-0.4, -0.2) is 87.0 Å². The maximum absolute atomic E-state index is 14.1. The summed E-state index contributed by atoms with van der Waals surface area (Å²) < 4.78 is 6.12. The topological polar surface area (TPSA) is 160 Å². The van der Waals surface area contributed by atoms with Crippen LogP contribution in [0.2, 0.25) is 0 Å². The molecule has 0 spiro atoms. The Kier molecular flexibility index (Phi) is 13.4. The van der Waals surface area contributed by atoms with E-state index in [1.807, 2.05) is 30.3 Å². The fourth-order valence-electron chi connectivity index (χ4n) is 5.07. The Hall–Kier alpha value is -3.90. The third-order valence-electron chi connectivity index (χ3n) is 7.68. The maximum Gasteiger partial charge on any atom is 0.272 e. The number of carbonyl (C=O) groups is 5. The highest BCUT2D eigenvalue weighted by Gasteiger charge is 2.44. The summed E-state index contributed by atoms with van der Waals surface area (Å²) in [6.07, 6.45) is 4.19. The first-order chi connectivity index (χ1) is 21.5. The van der Waals surface area contributed by atoms with Gasteiger partial charge in [-0.25, -0.2) is 4.98 Å². The minimum Gasteiger partial charge on any atom is -0.372 e. The van der Waals surface area contributed by atoms with Crippen LogP contribution in [0.15, 0.2) is 48.9 Å². The van der Waals surface area contributed by atoms with Crippen LogP contribution in [0, 0.1) is 11.8 Å². The van der Waals surface area contributed by atoms with Crippen LogP contribution in [0.3, 0.4) is 0 Å². The van der Waals surface area contributed by atoms with E-state index in [1.54, 1.807) is 34.6 Å². The Balaban J connectivity index is 1.81. The predicted molar refractivity (Wildman–Crippen MR) is 168 cm³/mol. The van der Waals surface area contributed by atoms with Crippen molar-refractivity contribution >= 4 is 41.0 Å². The number of rotatable bonds is 15. The van der Waals surface area contributed by atoms with Crippen LogP contribution in [0.5, 0.6) is 0 Å². The van der Waals surface area contributed by atoms with Gasteiger partial charge >= 0.3 is 0 Å². The molecule has 5 atom stereocenters. The molecular weight excluding hydrogens is 600 g/mol. The van der Waals surface area contributed by atoms with E-state index in [9.17, 15) is 24.0 Å². The molecule has 2 unspecified atom stereocenters. The van der Waals surface area contributed by atoms with E-state index >= 15 is 0 Å². The number of aromatic nitrogens is 2. The van der Waals surface area contributed by atoms with Crippen molar-refractivity contribution < 1.29 is 28.7 Å². The second kappa shape index (κ2) is 17.0. The molecule has 3 N–H and O–H groups in total. The van der Waals surface area contributed by atoms with Gasteiger partial charge in [0.15, 0.2) is 5.78 Å². The summed E-state index contributed by atoms with van der Waals surface area (Å²) in [6.45, 7) is 9.27. The largest absolute Gasteiger partial charge is 0.372 e. The van der Waals surface area contributed by atoms with Crippen molar-refractivity contribution in [2.24, 2.45) is 11.8 Å². The molecule has 1 saturated heterocycles. The quantitative estimate of drug-likeness (QED) is 0.250. The molecule has 1 aliphatic heterocycles. The zero-order valence-corrected chi connectivity index (χ0v) is 27.1.